The second-order valence-corrected chi connectivity index (χ2v) is 49.3. The summed E-state index contributed by atoms with van der Waals surface area (Å²) in [6, 6.07) is 0.223. The zero-order valence-electron chi connectivity index (χ0n) is 97.6. The minimum Gasteiger partial charge on any atom is -0.341 e. The van der Waals surface area contributed by atoms with Crippen LogP contribution in [0, 0.1) is 0 Å². The molecule has 28 nitrogen and oxygen atoms in total. The van der Waals surface area contributed by atoms with E-state index in [2.05, 4.69) is 305 Å². The lowest BCUT2D eigenvalue weighted by Gasteiger charge is -2.56. The summed E-state index contributed by atoms with van der Waals surface area (Å²) in [6.45, 7) is 94.2. The molecule has 814 valence electrons. The van der Waals surface area contributed by atoms with Crippen molar-refractivity contribution in [3.8, 4) is 0 Å². The van der Waals surface area contributed by atoms with Crippen LogP contribution >= 0.6 is 0 Å². The Hall–Kier alpha value is -5.17. The third-order valence-electron chi connectivity index (χ3n) is 30.5. The molecule has 5 aliphatic heterocycles. The Balaban J connectivity index is 1.42. The van der Waals surface area contributed by atoms with E-state index in [0.29, 0.717) is 46.1 Å². The van der Waals surface area contributed by atoms with E-state index in [9.17, 15) is 0 Å². The first-order valence-corrected chi connectivity index (χ1v) is 58.0. The molecule has 0 atom stereocenters. The third kappa shape index (κ3) is 33.4. The summed E-state index contributed by atoms with van der Waals surface area (Å²) in [5, 5.41) is 11.8. The maximum absolute atomic E-state index is 7.01. The summed E-state index contributed by atoms with van der Waals surface area (Å²) in [7, 11) is 0. The van der Waals surface area contributed by atoms with Gasteiger partial charge in [-0.15, -0.1) is 0 Å². The molecule has 5 aliphatic rings. The van der Waals surface area contributed by atoms with Crippen LogP contribution in [0.2, 0.25) is 0 Å². The first-order chi connectivity index (χ1) is 66.8. The van der Waals surface area contributed by atoms with Crippen LogP contribution in [0.1, 0.15) is 473 Å². The average Bonchev–Trinajstić information content (AvgIpc) is 0.753. The minimum absolute atomic E-state index is 0.00260. The van der Waals surface area contributed by atoms with Gasteiger partial charge < -0.3 is 44.1 Å². The lowest BCUT2D eigenvalue weighted by Crippen LogP contribution is -2.65. The molecule has 3 aromatic rings. The molecule has 0 saturated carbocycles. The largest absolute Gasteiger partial charge is 0.341 e. The highest BCUT2D eigenvalue weighted by Gasteiger charge is 2.55. The Kier molecular flexibility index (Phi) is 48.0. The maximum Gasteiger partial charge on any atom is 0.232 e. The predicted octanol–water partition coefficient (Wildman–Crippen LogP) is 25.5. The van der Waals surface area contributed by atoms with Gasteiger partial charge in [0.05, 0.1) is 33.0 Å². The van der Waals surface area contributed by atoms with Crippen molar-refractivity contribution in [1.29, 1.82) is 0 Å². The molecular weight excluding hydrogens is 1760 g/mol. The summed E-state index contributed by atoms with van der Waals surface area (Å²) >= 11 is 0. The monoisotopic (exact) mass is 1980 g/mol. The summed E-state index contributed by atoms with van der Waals surface area (Å²) in [6.07, 6.45) is 35.8. The zero-order valence-corrected chi connectivity index (χ0v) is 97.6. The van der Waals surface area contributed by atoms with Crippen molar-refractivity contribution >= 4 is 53.5 Å². The molecule has 0 radical (unpaired) electrons. The van der Waals surface area contributed by atoms with Crippen LogP contribution in [0.4, 0.5) is 53.5 Å². The third-order valence-corrected chi connectivity index (χ3v) is 30.5. The van der Waals surface area contributed by atoms with Crippen LogP contribution in [0.25, 0.3) is 0 Å². The molecule has 0 spiro atoms. The number of nitrogens with zero attached hydrogens (tertiary/aromatic N) is 23. The first-order valence-electron chi connectivity index (χ1n) is 58.0. The van der Waals surface area contributed by atoms with Crippen LogP contribution in [-0.2, 0) is 24.2 Å². The number of hydrogen-bond donors (Lipinski definition) is 0. The van der Waals surface area contributed by atoms with Crippen molar-refractivity contribution in [1.82, 2.24) is 70.2 Å². The van der Waals surface area contributed by atoms with Gasteiger partial charge >= 0.3 is 0 Å². The second-order valence-electron chi connectivity index (χ2n) is 49.3. The van der Waals surface area contributed by atoms with E-state index in [1.54, 1.807) is 0 Å². The number of anilines is 9. The van der Waals surface area contributed by atoms with Crippen LogP contribution in [0.15, 0.2) is 0 Å². The molecule has 0 bridgehead atoms. The summed E-state index contributed by atoms with van der Waals surface area (Å²) in [5.41, 5.74) is -3.43. The Labute approximate surface area is 863 Å². The smallest absolute Gasteiger partial charge is 0.232 e. The molecule has 0 aromatic carbocycles. The molecule has 5 saturated heterocycles. The zero-order chi connectivity index (χ0) is 104. The Morgan fingerprint density at radius 1 is 0.177 bits per heavy atom. The van der Waals surface area contributed by atoms with E-state index in [0.717, 1.165) is 363 Å². The topological polar surface area (TPSA) is 208 Å². The lowest BCUT2D eigenvalue weighted by molar-refractivity contribution is -0.283. The SMILES string of the molecule is CCCCN(CCCC)c1nc(N(CCCC)CCCC)nc(N(CCCCN(c2nc(N(CCCC)C3CC(C)(C)N(OCCC)C(C)(C)C3)nc(N(CCCCN(c3nc(N(CCCC)CCCC)nc(N(CCCC)CCCC)n3)C3CC(C)(C)N(OCCC)C(C)(C)C3)C3CC(C)(C)N(OCCC)C(C)(C)C3)n2)C2CC(C)(C)N(OCCC)C(C)(C)C2)C2CC(C)(C)N(OCCC)C(C)(C)C2)n1. The Morgan fingerprint density at radius 2 is 0.298 bits per heavy atom. The molecule has 0 N–H and O–H groups in total. The van der Waals surface area contributed by atoms with Gasteiger partial charge in [-0.2, -0.15) is 70.2 Å². The highest BCUT2D eigenvalue weighted by Crippen LogP contribution is 2.49. The van der Waals surface area contributed by atoms with E-state index in [-0.39, 0.29) is 85.6 Å². The van der Waals surface area contributed by atoms with Gasteiger partial charge in [0.2, 0.25) is 53.5 Å². The minimum atomic E-state index is -0.380. The number of hydrogen-bond acceptors (Lipinski definition) is 28. The van der Waals surface area contributed by atoms with Crippen molar-refractivity contribution in [2.75, 3.05) is 162 Å². The van der Waals surface area contributed by atoms with Gasteiger partial charge in [0.15, 0.2) is 0 Å². The number of hydroxylamine groups is 10. The molecule has 3 aromatic heterocycles. The van der Waals surface area contributed by atoms with Gasteiger partial charge in [0.1, 0.15) is 0 Å². The van der Waals surface area contributed by atoms with Gasteiger partial charge in [-0.25, -0.2) is 0 Å². The van der Waals surface area contributed by atoms with Crippen molar-refractivity contribution < 1.29 is 24.2 Å². The Bertz CT molecular complexity index is 3620. The molecule has 0 unspecified atom stereocenters. The predicted molar refractivity (Wildman–Crippen MR) is 594 cm³/mol. The average molecular weight is 1980 g/mol. The highest BCUT2D eigenvalue weighted by molar-refractivity contribution is 5.52. The fourth-order valence-corrected chi connectivity index (χ4v) is 24.8. The summed E-state index contributed by atoms with van der Waals surface area (Å²) in [4.78, 5) is 111. The molecule has 141 heavy (non-hydrogen) atoms. The fourth-order valence-electron chi connectivity index (χ4n) is 24.8. The maximum atomic E-state index is 7.01. The number of unbranched alkanes of at least 4 members (excludes halogenated alkanes) is 11. The van der Waals surface area contributed by atoms with Crippen molar-refractivity contribution in [3.63, 3.8) is 0 Å². The molecule has 8 rings (SSSR count). The quantitative estimate of drug-likeness (QED) is 0.0481. The van der Waals surface area contributed by atoms with Gasteiger partial charge in [-0.3, -0.25) is 24.2 Å². The van der Waals surface area contributed by atoms with Gasteiger partial charge in [-0.05, 0) is 318 Å². The van der Waals surface area contributed by atoms with E-state index in [1.807, 2.05) is 0 Å². The summed E-state index contributed by atoms with van der Waals surface area (Å²) in [5.74, 6) is 7.08. The van der Waals surface area contributed by atoms with Gasteiger partial charge in [0.25, 0.3) is 0 Å². The standard InChI is InChI=1S/C113H217N23O5/c1-35-49-62-123(63-50-36-2)95-114-96(124(64-51-37-3)65-52-38-4)117-99(116-95)128(91-82-106(19,20)133(138-76-45-11)107(21,22)83-91)71-58-60-73-130(93-86-110(27,28)135(140-78-47-13)111(29,30)87-93)102-120-101(127(70-57-43-9)90-80-104(15,16)132(137-75-44-10)105(17,18)81-90)121-103(122-102)131(94-88-112(31,32)136(141-79-48-14)113(33,34)89-94)74-61-59-72-129(92-84-108(23,24)134(139-77-46-12)109(25,26)85-92)100-118-97(125(66-53-39-5)67-54-40-6)115-98(119-100)126(68-55-41-7)69-56-42-8/h90-94H,35-89H2,1-34H3. The number of rotatable bonds is 66. The number of piperidine rings is 5. The van der Waals surface area contributed by atoms with Gasteiger partial charge in [0, 0.05) is 171 Å². The van der Waals surface area contributed by atoms with Crippen LogP contribution in [0.5, 0.6) is 0 Å². The van der Waals surface area contributed by atoms with Crippen LogP contribution < -0.4 is 44.1 Å². The van der Waals surface area contributed by atoms with Crippen molar-refractivity contribution in [2.45, 2.75) is 559 Å². The van der Waals surface area contributed by atoms with Crippen LogP contribution in [0.3, 0.4) is 0 Å². The highest BCUT2D eigenvalue weighted by atomic mass is 16.7. The lowest BCUT2D eigenvalue weighted by atomic mass is 9.78. The summed E-state index contributed by atoms with van der Waals surface area (Å²) < 4.78 is 0. The first kappa shape index (κ1) is 121. The second kappa shape index (κ2) is 55.9. The molecule has 0 amide bonds. The Morgan fingerprint density at radius 3 is 0.433 bits per heavy atom. The van der Waals surface area contributed by atoms with E-state index in [4.69, 9.17) is 69.0 Å². The molecule has 0 aliphatic carbocycles. The van der Waals surface area contributed by atoms with E-state index in [1.165, 1.54) is 0 Å². The van der Waals surface area contributed by atoms with Crippen LogP contribution in [-0.4, -0.2) is 274 Å². The van der Waals surface area contributed by atoms with E-state index >= 15 is 0 Å². The molecule has 5 fully saturated rings. The normalized spacial score (nSPS) is 20.1. The van der Waals surface area contributed by atoms with Crippen molar-refractivity contribution in [3.05, 3.63) is 0 Å². The molecule has 28 heteroatoms. The van der Waals surface area contributed by atoms with Gasteiger partial charge in [-0.1, -0.05) is 155 Å². The van der Waals surface area contributed by atoms with Crippen molar-refractivity contribution in [2.24, 2.45) is 0 Å². The molecule has 8 heterocycles. The van der Waals surface area contributed by atoms with E-state index < -0.39 is 0 Å². The fraction of sp³-hybridized carbons (Fsp3) is 0.920. The number of aromatic nitrogens is 9. The molecular formula is C113H217N23O5.